The van der Waals surface area contributed by atoms with E-state index < -0.39 is 31.0 Å². The maximum Gasteiger partial charge on any atom is 0.310 e. The number of piperidine rings is 1. The molecule has 14 heavy (non-hydrogen) atoms. The molecule has 5 heteroatoms. The summed E-state index contributed by atoms with van der Waals surface area (Å²) < 4.78 is 22.2. The van der Waals surface area contributed by atoms with E-state index in [0.717, 1.165) is 0 Å². The summed E-state index contributed by atoms with van der Waals surface area (Å²) in [6, 6.07) is -0.762. The second kappa shape index (κ2) is 4.04. The minimum atomic E-state index is -2.26. The van der Waals surface area contributed by atoms with Gasteiger partial charge in [-0.1, -0.05) is 0 Å². The highest BCUT2D eigenvalue weighted by Gasteiger charge is 2.48. The summed E-state index contributed by atoms with van der Waals surface area (Å²) in [5, 5.41) is 18.8. The largest absolute Gasteiger partial charge is 0.481 e. The molecule has 2 fully saturated rings. The lowest BCUT2D eigenvalue weighted by Crippen LogP contribution is -2.51. The van der Waals surface area contributed by atoms with Gasteiger partial charge in [-0.2, -0.15) is 0 Å². The zero-order chi connectivity index (χ0) is 12.1. The predicted octanol–water partition coefficient (Wildman–Crippen LogP) is 0.336. The fourth-order valence-corrected chi connectivity index (χ4v) is 2.51. The number of nitrogens with zero attached hydrogens (tertiary/aromatic N) is 1. The Morgan fingerprint density at radius 3 is 2.86 bits per heavy atom. The number of carbonyl (C=O) groups is 1. The van der Waals surface area contributed by atoms with Crippen molar-refractivity contribution in [1.82, 2.24) is 4.90 Å². The van der Waals surface area contributed by atoms with E-state index in [4.69, 9.17) is 9.22 Å². The van der Waals surface area contributed by atoms with E-state index in [-0.39, 0.29) is 24.9 Å². The number of carboxylic acid groups (broad SMARTS) is 1. The number of aliphatic hydroxyl groups excluding tert-OH is 1. The van der Waals surface area contributed by atoms with Crippen molar-refractivity contribution >= 4 is 18.4 Å². The van der Waals surface area contributed by atoms with Gasteiger partial charge in [0.2, 0.25) is 0 Å². The first-order valence-electron chi connectivity index (χ1n) is 6.01. The first-order chi connectivity index (χ1) is 7.32. The fraction of sp³-hybridized carbons (Fsp3) is 0.889. The molecule has 0 saturated carbocycles. The van der Waals surface area contributed by atoms with Crippen LogP contribution in [0.4, 0.5) is 0 Å². The molecule has 0 aromatic heterocycles. The van der Waals surface area contributed by atoms with Crippen LogP contribution in [-0.2, 0) is 4.79 Å². The number of rotatable bonds is 1. The lowest BCUT2D eigenvalue weighted by Gasteiger charge is -2.38. The van der Waals surface area contributed by atoms with Crippen LogP contribution in [0, 0.1) is 5.92 Å². The zero-order valence-corrected chi connectivity index (χ0v) is 8.41. The molecule has 0 aliphatic carbocycles. The van der Waals surface area contributed by atoms with Crippen molar-refractivity contribution in [2.24, 2.45) is 5.92 Å². The molecular formula is C9H16ClNO3. The minimum Gasteiger partial charge on any atom is -0.481 e. The van der Waals surface area contributed by atoms with Gasteiger partial charge >= 0.3 is 5.97 Å². The third-order valence-electron chi connectivity index (χ3n) is 3.17. The summed E-state index contributed by atoms with van der Waals surface area (Å²) in [6.07, 6.45) is 0.515. The molecule has 0 aromatic carbocycles. The van der Waals surface area contributed by atoms with Gasteiger partial charge in [-0.3, -0.25) is 9.69 Å². The van der Waals surface area contributed by atoms with Gasteiger partial charge in [-0.05, 0) is 26.2 Å². The van der Waals surface area contributed by atoms with Crippen LogP contribution in [-0.4, -0.2) is 46.2 Å². The van der Waals surface area contributed by atoms with Gasteiger partial charge in [0, 0.05) is 16.2 Å². The lowest BCUT2D eigenvalue weighted by molar-refractivity contribution is -0.151. The summed E-state index contributed by atoms with van der Waals surface area (Å²) in [6.45, 7) is -2.26. The summed E-state index contributed by atoms with van der Waals surface area (Å²) >= 11 is 0. The van der Waals surface area contributed by atoms with E-state index in [1.165, 1.54) is 4.90 Å². The van der Waals surface area contributed by atoms with Crippen molar-refractivity contribution in [2.75, 3.05) is 6.98 Å². The Hall–Kier alpha value is -0.320. The van der Waals surface area contributed by atoms with Crippen LogP contribution in [0.15, 0.2) is 0 Å². The van der Waals surface area contributed by atoms with E-state index in [1.54, 1.807) is 0 Å². The molecule has 4 atom stereocenters. The summed E-state index contributed by atoms with van der Waals surface area (Å²) in [5.74, 6) is -2.08. The van der Waals surface area contributed by atoms with Crippen LogP contribution in [0.25, 0.3) is 0 Å². The molecule has 2 bridgehead atoms. The standard InChI is InChI=1S/C9H15NO3.ClH/c1-10-5-2-3-6(10)8(9(12)13)7(11)4-5;/h5-8,11H,2-4H2,1H3,(H,12,13);1H/t5-,6+,7-,8+;/m0./s1/i1D3;. The van der Waals surface area contributed by atoms with Crippen molar-refractivity contribution in [3.63, 3.8) is 0 Å². The highest BCUT2D eigenvalue weighted by atomic mass is 35.5. The average molecular weight is 225 g/mol. The van der Waals surface area contributed by atoms with Crippen molar-refractivity contribution in [3.8, 4) is 0 Å². The minimum absolute atomic E-state index is 0. The van der Waals surface area contributed by atoms with E-state index >= 15 is 0 Å². The van der Waals surface area contributed by atoms with E-state index in [1.807, 2.05) is 0 Å². The van der Waals surface area contributed by atoms with E-state index in [0.29, 0.717) is 12.8 Å². The molecule has 82 valence electrons. The summed E-state index contributed by atoms with van der Waals surface area (Å²) in [7, 11) is 0. The molecule has 2 saturated heterocycles. The first-order valence-corrected chi connectivity index (χ1v) is 4.51. The molecule has 0 amide bonds. The third kappa shape index (κ3) is 1.62. The van der Waals surface area contributed by atoms with Crippen molar-refractivity contribution in [3.05, 3.63) is 0 Å². The smallest absolute Gasteiger partial charge is 0.310 e. The van der Waals surface area contributed by atoms with Gasteiger partial charge in [0.25, 0.3) is 0 Å². The van der Waals surface area contributed by atoms with Crippen molar-refractivity contribution < 1.29 is 19.1 Å². The third-order valence-corrected chi connectivity index (χ3v) is 3.17. The number of hydrogen-bond donors (Lipinski definition) is 2. The van der Waals surface area contributed by atoms with Crippen LogP contribution in [0.5, 0.6) is 0 Å². The Balaban J connectivity index is 0.00000144. The monoisotopic (exact) mass is 224 g/mol. The zero-order valence-electron chi connectivity index (χ0n) is 10.6. The van der Waals surface area contributed by atoms with Gasteiger partial charge in [0.1, 0.15) is 0 Å². The fourth-order valence-electron chi connectivity index (χ4n) is 2.51. The van der Waals surface area contributed by atoms with Crippen LogP contribution >= 0.6 is 12.4 Å². The van der Waals surface area contributed by atoms with Gasteiger partial charge in [0.05, 0.1) is 12.0 Å². The molecular weight excluding hydrogens is 206 g/mol. The van der Waals surface area contributed by atoms with Gasteiger partial charge in [-0.15, -0.1) is 12.4 Å². The predicted molar refractivity (Wildman–Crippen MR) is 53.6 cm³/mol. The molecule has 2 aliphatic rings. The molecule has 2 rings (SSSR count). The maximum absolute atomic E-state index is 11.1. The Morgan fingerprint density at radius 1 is 1.57 bits per heavy atom. The number of fused-ring (bicyclic) bond motifs is 2. The highest BCUT2D eigenvalue weighted by Crippen LogP contribution is 2.38. The Bertz CT molecular complexity index is 312. The average Bonchev–Trinajstić information content (AvgIpc) is 2.40. The van der Waals surface area contributed by atoms with Crippen LogP contribution in [0.2, 0.25) is 0 Å². The molecule has 2 N–H and O–H groups in total. The Kier molecular flexibility index (Phi) is 2.28. The molecule has 0 aromatic rings. The SMILES string of the molecule is Cl.[2H]C([2H])([2H])N1[C@H]2CC[C@@H]1[C@@H](C(=O)O)[C@@H](O)C2. The van der Waals surface area contributed by atoms with Crippen molar-refractivity contribution in [2.45, 2.75) is 37.5 Å². The molecule has 0 radical (unpaired) electrons. The topological polar surface area (TPSA) is 60.8 Å². The van der Waals surface area contributed by atoms with Crippen LogP contribution in [0.1, 0.15) is 23.4 Å². The van der Waals surface area contributed by atoms with Gasteiger partial charge in [0.15, 0.2) is 0 Å². The maximum atomic E-state index is 11.1. The van der Waals surface area contributed by atoms with E-state index in [2.05, 4.69) is 0 Å². The van der Waals surface area contributed by atoms with Crippen LogP contribution < -0.4 is 0 Å². The Labute approximate surface area is 93.5 Å². The quantitative estimate of drug-likeness (QED) is 0.674. The second-order valence-electron chi connectivity index (χ2n) is 3.87. The second-order valence-corrected chi connectivity index (χ2v) is 3.87. The number of carboxylic acids is 1. The molecule has 2 aliphatic heterocycles. The normalized spacial score (nSPS) is 45.9. The summed E-state index contributed by atoms with van der Waals surface area (Å²) in [5.41, 5.74) is 0. The van der Waals surface area contributed by atoms with E-state index in [9.17, 15) is 9.90 Å². The van der Waals surface area contributed by atoms with Gasteiger partial charge in [-0.25, -0.2) is 0 Å². The lowest BCUT2D eigenvalue weighted by atomic mass is 9.88. The van der Waals surface area contributed by atoms with Crippen LogP contribution in [0.3, 0.4) is 0 Å². The van der Waals surface area contributed by atoms with Gasteiger partial charge < -0.3 is 10.2 Å². The molecule has 4 nitrogen and oxygen atoms in total. The molecule has 0 unspecified atom stereocenters. The summed E-state index contributed by atoms with van der Waals surface area (Å²) in [4.78, 5) is 12.4. The molecule has 0 spiro atoms. The number of halogens is 1. The number of hydrogen-bond acceptors (Lipinski definition) is 3. The highest BCUT2D eigenvalue weighted by molar-refractivity contribution is 5.85. The Morgan fingerprint density at radius 2 is 2.29 bits per heavy atom. The molecule has 2 heterocycles. The number of aliphatic carboxylic acids is 1. The number of aliphatic hydroxyl groups is 1. The first kappa shape index (κ1) is 7.91. The van der Waals surface area contributed by atoms with Crippen molar-refractivity contribution in [1.29, 1.82) is 0 Å².